The molecule has 0 bridgehead atoms. The Kier molecular flexibility index (Phi) is 5.21. The molecule has 2 amide bonds. The number of nitrogens with one attached hydrogen (secondary N) is 1. The third kappa shape index (κ3) is 3.98. The molecule has 1 atom stereocenters. The first-order valence-electron chi connectivity index (χ1n) is 6.95. The van der Waals surface area contributed by atoms with Crippen LogP contribution in [0.25, 0.3) is 0 Å². The van der Waals surface area contributed by atoms with Gasteiger partial charge in [-0.2, -0.15) is 0 Å². The number of nitrogens with zero attached hydrogens (tertiary/aromatic N) is 3. The molecule has 0 aromatic carbocycles. The highest BCUT2D eigenvalue weighted by Gasteiger charge is 2.31. The smallest absolute Gasteiger partial charge is 0.249 e. The Morgan fingerprint density at radius 1 is 1.48 bits per heavy atom. The molecule has 1 aliphatic heterocycles. The second-order valence-electron chi connectivity index (χ2n) is 5.02. The van der Waals surface area contributed by atoms with Crippen LogP contribution in [0.2, 0.25) is 0 Å². The van der Waals surface area contributed by atoms with E-state index in [1.807, 2.05) is 0 Å². The molecule has 7 heteroatoms. The van der Waals surface area contributed by atoms with E-state index in [2.05, 4.69) is 15.3 Å². The maximum Gasteiger partial charge on any atom is 0.249 e. The molecule has 2 heterocycles. The van der Waals surface area contributed by atoms with Gasteiger partial charge in [-0.1, -0.05) is 0 Å². The van der Waals surface area contributed by atoms with Crippen LogP contribution in [0.5, 0.6) is 0 Å². The summed E-state index contributed by atoms with van der Waals surface area (Å²) in [5.41, 5.74) is 1.45. The van der Waals surface area contributed by atoms with E-state index in [0.29, 0.717) is 18.8 Å². The molecule has 1 aromatic heterocycles. The van der Waals surface area contributed by atoms with Crippen LogP contribution >= 0.6 is 0 Å². The van der Waals surface area contributed by atoms with Crippen LogP contribution < -0.4 is 5.32 Å². The lowest BCUT2D eigenvalue weighted by atomic mass is 10.1. The molecule has 1 fully saturated rings. The monoisotopic (exact) mass is 292 g/mol. The van der Waals surface area contributed by atoms with Crippen molar-refractivity contribution in [2.75, 3.05) is 20.3 Å². The number of hydrogen-bond acceptors (Lipinski definition) is 5. The Labute approximate surface area is 123 Å². The molecule has 21 heavy (non-hydrogen) atoms. The van der Waals surface area contributed by atoms with Crippen LogP contribution in [0.15, 0.2) is 12.4 Å². The van der Waals surface area contributed by atoms with Crippen molar-refractivity contribution >= 4 is 11.8 Å². The van der Waals surface area contributed by atoms with E-state index in [-0.39, 0.29) is 24.5 Å². The molecule has 0 unspecified atom stereocenters. The quantitative estimate of drug-likeness (QED) is 0.850. The molecule has 1 aromatic rings. The molecule has 1 N–H and O–H groups in total. The summed E-state index contributed by atoms with van der Waals surface area (Å²) in [4.78, 5) is 33.4. The van der Waals surface area contributed by atoms with Gasteiger partial charge in [0.15, 0.2) is 0 Å². The van der Waals surface area contributed by atoms with Gasteiger partial charge in [0.1, 0.15) is 6.61 Å². The largest absolute Gasteiger partial charge is 0.375 e. The summed E-state index contributed by atoms with van der Waals surface area (Å²) in [7, 11) is 1.51. The average molecular weight is 292 g/mol. The number of carbonyl (C=O) groups excluding carboxylic acids is 2. The average Bonchev–Trinajstić information content (AvgIpc) is 2.95. The number of hydrogen-bond donors (Lipinski definition) is 1. The van der Waals surface area contributed by atoms with E-state index in [4.69, 9.17) is 4.74 Å². The minimum Gasteiger partial charge on any atom is -0.375 e. The highest BCUT2D eigenvalue weighted by atomic mass is 16.5. The van der Waals surface area contributed by atoms with Gasteiger partial charge in [0.2, 0.25) is 11.8 Å². The van der Waals surface area contributed by atoms with Crippen LogP contribution in [0.1, 0.15) is 37.2 Å². The van der Waals surface area contributed by atoms with Gasteiger partial charge in [0.05, 0.1) is 36.4 Å². The molecule has 2 rings (SSSR count). The molecular weight excluding hydrogens is 272 g/mol. The fourth-order valence-electron chi connectivity index (χ4n) is 2.46. The molecule has 0 radical (unpaired) electrons. The number of aromatic nitrogens is 2. The molecule has 114 valence electrons. The Hall–Kier alpha value is -2.02. The molecular formula is C14H20N4O3. The summed E-state index contributed by atoms with van der Waals surface area (Å²) in [5, 5.41) is 2.69. The normalized spacial score (nSPS) is 17.8. The summed E-state index contributed by atoms with van der Waals surface area (Å²) >= 11 is 0. The number of rotatable bonds is 5. The van der Waals surface area contributed by atoms with E-state index in [0.717, 1.165) is 18.5 Å². The summed E-state index contributed by atoms with van der Waals surface area (Å²) in [6.45, 7) is 2.59. The maximum atomic E-state index is 12.0. The van der Waals surface area contributed by atoms with Gasteiger partial charge in [-0.15, -0.1) is 0 Å². The highest BCUT2D eigenvalue weighted by molar-refractivity contribution is 5.78. The first-order chi connectivity index (χ1) is 10.1. The predicted molar refractivity (Wildman–Crippen MR) is 75.1 cm³/mol. The van der Waals surface area contributed by atoms with Gasteiger partial charge < -0.3 is 15.0 Å². The SMILES string of the molecule is COCC(=O)N1CCC[C@@H]1c1cncc(CNC(C)=O)n1. The van der Waals surface area contributed by atoms with E-state index in [9.17, 15) is 9.59 Å². The van der Waals surface area contributed by atoms with E-state index >= 15 is 0 Å². The molecule has 0 aliphatic carbocycles. The van der Waals surface area contributed by atoms with Gasteiger partial charge in [-0.25, -0.2) is 0 Å². The second-order valence-corrected chi connectivity index (χ2v) is 5.02. The van der Waals surface area contributed by atoms with Crippen LogP contribution in [-0.2, 0) is 20.9 Å². The Balaban J connectivity index is 2.11. The lowest BCUT2D eigenvalue weighted by molar-refractivity contribution is -0.136. The third-order valence-electron chi connectivity index (χ3n) is 3.40. The van der Waals surface area contributed by atoms with Crippen LogP contribution in [-0.4, -0.2) is 46.9 Å². The first kappa shape index (κ1) is 15.4. The van der Waals surface area contributed by atoms with Gasteiger partial charge in [-0.3, -0.25) is 19.6 Å². The van der Waals surface area contributed by atoms with E-state index < -0.39 is 0 Å². The number of methoxy groups -OCH3 is 1. The molecule has 1 saturated heterocycles. The Morgan fingerprint density at radius 2 is 2.29 bits per heavy atom. The number of ether oxygens (including phenoxy) is 1. The van der Waals surface area contributed by atoms with E-state index in [1.165, 1.54) is 14.0 Å². The topological polar surface area (TPSA) is 84.4 Å². The van der Waals surface area contributed by atoms with Gasteiger partial charge in [-0.05, 0) is 12.8 Å². The van der Waals surface area contributed by atoms with Crippen molar-refractivity contribution < 1.29 is 14.3 Å². The predicted octanol–water partition coefficient (Wildman–Crippen LogP) is 0.423. The lowest BCUT2D eigenvalue weighted by Gasteiger charge is -2.24. The van der Waals surface area contributed by atoms with E-state index in [1.54, 1.807) is 17.3 Å². The third-order valence-corrected chi connectivity index (χ3v) is 3.40. The Morgan fingerprint density at radius 3 is 3.00 bits per heavy atom. The molecule has 0 spiro atoms. The lowest BCUT2D eigenvalue weighted by Crippen LogP contribution is -2.33. The highest BCUT2D eigenvalue weighted by Crippen LogP contribution is 2.30. The molecule has 7 nitrogen and oxygen atoms in total. The van der Waals surface area contributed by atoms with Gasteiger partial charge in [0.25, 0.3) is 0 Å². The first-order valence-corrected chi connectivity index (χ1v) is 6.95. The zero-order chi connectivity index (χ0) is 15.2. The standard InChI is InChI=1S/C14H20N4O3/c1-10(19)16-7-11-6-15-8-12(17-11)13-4-3-5-18(13)14(20)9-21-2/h6,8,13H,3-5,7,9H2,1-2H3,(H,16,19)/t13-/m1/s1. The van der Waals surface area contributed by atoms with Gasteiger partial charge in [0, 0.05) is 20.6 Å². The minimum atomic E-state index is -0.111. The van der Waals surface area contributed by atoms with Crippen molar-refractivity contribution in [3.63, 3.8) is 0 Å². The summed E-state index contributed by atoms with van der Waals surface area (Å²) in [6.07, 6.45) is 5.11. The minimum absolute atomic E-state index is 0.0333. The van der Waals surface area contributed by atoms with Gasteiger partial charge >= 0.3 is 0 Å². The maximum absolute atomic E-state index is 12.0. The van der Waals surface area contributed by atoms with Crippen LogP contribution in [0.4, 0.5) is 0 Å². The van der Waals surface area contributed by atoms with Crippen LogP contribution in [0, 0.1) is 0 Å². The zero-order valence-corrected chi connectivity index (χ0v) is 12.3. The molecule has 0 saturated carbocycles. The van der Waals surface area contributed by atoms with Crippen molar-refractivity contribution in [2.45, 2.75) is 32.4 Å². The number of likely N-dealkylation sites (tertiary alicyclic amines) is 1. The van der Waals surface area contributed by atoms with Crippen molar-refractivity contribution in [3.8, 4) is 0 Å². The van der Waals surface area contributed by atoms with Crippen LogP contribution in [0.3, 0.4) is 0 Å². The second kappa shape index (κ2) is 7.12. The Bertz CT molecular complexity index is 521. The summed E-state index contributed by atoms with van der Waals surface area (Å²) in [5.74, 6) is -0.144. The summed E-state index contributed by atoms with van der Waals surface area (Å²) < 4.78 is 4.91. The van der Waals surface area contributed by atoms with Crippen molar-refractivity contribution in [1.29, 1.82) is 0 Å². The number of amides is 2. The molecule has 1 aliphatic rings. The summed E-state index contributed by atoms with van der Waals surface area (Å²) in [6, 6.07) is -0.0579. The van der Waals surface area contributed by atoms with Crippen molar-refractivity contribution in [3.05, 3.63) is 23.8 Å². The van der Waals surface area contributed by atoms with Crippen molar-refractivity contribution in [1.82, 2.24) is 20.2 Å². The number of carbonyl (C=O) groups is 2. The fourth-order valence-corrected chi connectivity index (χ4v) is 2.46. The zero-order valence-electron chi connectivity index (χ0n) is 12.3. The van der Waals surface area contributed by atoms with Crippen molar-refractivity contribution in [2.24, 2.45) is 0 Å². The fraction of sp³-hybridized carbons (Fsp3) is 0.571.